The fourth-order valence-electron chi connectivity index (χ4n) is 8.66. The zero-order chi connectivity index (χ0) is 34.5. The van der Waals surface area contributed by atoms with Crippen molar-refractivity contribution >= 4 is 21.9 Å². The topological polar surface area (TPSA) is 59.2 Å². The van der Waals surface area contributed by atoms with Crippen molar-refractivity contribution < 1.29 is 9.52 Å². The third-order valence-electron chi connectivity index (χ3n) is 11.2. The lowest BCUT2D eigenvalue weighted by Crippen LogP contribution is -2.24. The van der Waals surface area contributed by atoms with E-state index in [0.29, 0.717) is 11.6 Å². The predicted octanol–water partition coefficient (Wildman–Crippen LogP) is 12.7. The van der Waals surface area contributed by atoms with Crippen LogP contribution in [-0.2, 0) is 5.41 Å². The van der Waals surface area contributed by atoms with E-state index in [1.807, 2.05) is 36.4 Å². The second kappa shape index (κ2) is 12.5. The molecule has 9 rings (SSSR count). The first-order valence-electron chi connectivity index (χ1n) is 18.3. The van der Waals surface area contributed by atoms with Gasteiger partial charge in [0.05, 0.1) is 17.3 Å². The van der Waals surface area contributed by atoms with Gasteiger partial charge in [-0.2, -0.15) is 0 Å². The van der Waals surface area contributed by atoms with Crippen LogP contribution in [-0.4, -0.2) is 15.1 Å². The van der Waals surface area contributed by atoms with Crippen LogP contribution in [0.5, 0.6) is 0 Å². The van der Waals surface area contributed by atoms with E-state index >= 15 is 0 Å². The van der Waals surface area contributed by atoms with Crippen LogP contribution in [0.1, 0.15) is 68.7 Å². The maximum absolute atomic E-state index is 11.0. The Morgan fingerprint density at radius 3 is 2.39 bits per heavy atom. The number of aliphatic hydroxyl groups is 1. The van der Waals surface area contributed by atoms with Crippen molar-refractivity contribution in [3.63, 3.8) is 0 Å². The van der Waals surface area contributed by atoms with Crippen molar-refractivity contribution in [2.45, 2.75) is 57.3 Å². The molecule has 0 saturated heterocycles. The molecule has 2 atom stereocenters. The zero-order valence-electron chi connectivity index (χ0n) is 29.1. The summed E-state index contributed by atoms with van der Waals surface area (Å²) in [5, 5.41) is 13.1. The molecule has 0 saturated carbocycles. The van der Waals surface area contributed by atoms with E-state index < -0.39 is 0 Å². The van der Waals surface area contributed by atoms with Crippen molar-refractivity contribution in [2.75, 3.05) is 0 Å². The van der Waals surface area contributed by atoms with Gasteiger partial charge in [0.1, 0.15) is 16.9 Å². The Hall–Kier alpha value is -5.74. The average molecular weight is 665 g/mol. The molecule has 2 aliphatic rings. The number of para-hydroxylation sites is 1. The summed E-state index contributed by atoms with van der Waals surface area (Å²) < 4.78 is 6.69. The molecule has 7 aromatic rings. The van der Waals surface area contributed by atoms with Gasteiger partial charge >= 0.3 is 0 Å². The van der Waals surface area contributed by atoms with Gasteiger partial charge in [-0.15, -0.1) is 0 Å². The van der Waals surface area contributed by atoms with E-state index in [-0.39, 0.29) is 11.3 Å². The third-order valence-corrected chi connectivity index (χ3v) is 11.2. The summed E-state index contributed by atoms with van der Waals surface area (Å²) in [4.78, 5) is 10.2. The van der Waals surface area contributed by atoms with Crippen LogP contribution in [0, 0.1) is 0 Å². The minimum atomic E-state index is -0.200. The second-order valence-corrected chi connectivity index (χ2v) is 14.0. The van der Waals surface area contributed by atoms with Gasteiger partial charge in [-0.3, -0.25) is 0 Å². The van der Waals surface area contributed by atoms with E-state index in [9.17, 15) is 5.11 Å². The van der Waals surface area contributed by atoms with Gasteiger partial charge in [-0.25, -0.2) is 9.97 Å². The number of aromatic nitrogens is 2. The first kappa shape index (κ1) is 31.3. The Morgan fingerprint density at radius 2 is 1.53 bits per heavy atom. The van der Waals surface area contributed by atoms with E-state index in [1.165, 1.54) is 27.8 Å². The highest BCUT2D eigenvalue weighted by molar-refractivity contribution is 6.10. The molecule has 5 aromatic carbocycles. The normalized spacial score (nSPS) is 18.1. The molecule has 0 spiro atoms. The molecule has 2 aromatic heterocycles. The first-order valence-corrected chi connectivity index (χ1v) is 18.3. The molecule has 51 heavy (non-hydrogen) atoms. The minimum absolute atomic E-state index is 0.0142. The van der Waals surface area contributed by atoms with Crippen molar-refractivity contribution in [1.29, 1.82) is 0 Å². The van der Waals surface area contributed by atoms with Gasteiger partial charge in [0.2, 0.25) is 0 Å². The highest BCUT2D eigenvalue weighted by Gasteiger charge is 2.41. The Labute approximate surface area is 298 Å². The monoisotopic (exact) mass is 664 g/mol. The lowest BCUT2D eigenvalue weighted by Gasteiger charge is -2.31. The average Bonchev–Trinajstić information content (AvgIpc) is 3.59. The Kier molecular flexibility index (Phi) is 7.69. The Morgan fingerprint density at radius 1 is 0.725 bits per heavy atom. The fraction of sp³-hybridized carbons (Fsp3) is 0.191. The van der Waals surface area contributed by atoms with Gasteiger partial charge in [0.15, 0.2) is 5.82 Å². The Bertz CT molecular complexity index is 2510. The lowest BCUT2D eigenvalue weighted by molar-refractivity contribution is 0.359. The van der Waals surface area contributed by atoms with Crippen LogP contribution in [0.4, 0.5) is 0 Å². The number of furan rings is 1. The number of nitrogens with zero attached hydrogens (tertiary/aromatic N) is 2. The number of rotatable bonds is 7. The molecule has 4 heteroatoms. The molecule has 4 nitrogen and oxygen atoms in total. The van der Waals surface area contributed by atoms with Gasteiger partial charge in [-0.05, 0) is 89.9 Å². The van der Waals surface area contributed by atoms with E-state index in [1.54, 1.807) is 6.08 Å². The maximum Gasteiger partial charge on any atom is 0.160 e. The lowest BCUT2D eigenvalue weighted by atomic mass is 9.72. The highest BCUT2D eigenvalue weighted by atomic mass is 16.3. The van der Waals surface area contributed by atoms with Crippen LogP contribution < -0.4 is 0 Å². The van der Waals surface area contributed by atoms with Crippen LogP contribution in [0.15, 0.2) is 144 Å². The molecule has 0 radical (unpaired) electrons. The van der Waals surface area contributed by atoms with E-state index in [4.69, 9.17) is 14.4 Å². The standard InChI is InChI=1S/C47H40N2O2/c1-3-26-47(4-2)39-20-12-11-16-34(39)35-24-22-31(28-40(35)47)33-18-13-19-36-38-27-32(23-25-44(38)51-45(33)36)46-48-41(30-14-7-5-8-15-30)29-42(49-46)37-17-9-6-10-21-43(37)50/h5-8,10-16,18-25,27-29,37,50H,3-4,9,17,26H2,1-2H3. The summed E-state index contributed by atoms with van der Waals surface area (Å²) in [5.74, 6) is 0.764. The third kappa shape index (κ3) is 5.12. The van der Waals surface area contributed by atoms with Gasteiger partial charge in [-0.1, -0.05) is 117 Å². The summed E-state index contributed by atoms with van der Waals surface area (Å²) in [6.45, 7) is 4.63. The molecule has 0 amide bonds. The zero-order valence-corrected chi connectivity index (χ0v) is 29.1. The van der Waals surface area contributed by atoms with E-state index in [2.05, 4.69) is 105 Å². The molecule has 2 heterocycles. The van der Waals surface area contributed by atoms with Crippen LogP contribution in [0.3, 0.4) is 0 Å². The van der Waals surface area contributed by atoms with Crippen molar-refractivity contribution in [2.24, 2.45) is 0 Å². The molecule has 0 fully saturated rings. The van der Waals surface area contributed by atoms with Gasteiger partial charge in [0.25, 0.3) is 0 Å². The molecule has 1 N–H and O–H groups in total. The smallest absolute Gasteiger partial charge is 0.160 e. The maximum atomic E-state index is 11.0. The van der Waals surface area contributed by atoms with Gasteiger partial charge in [0, 0.05) is 32.9 Å². The van der Waals surface area contributed by atoms with Crippen molar-refractivity contribution in [3.8, 4) is 44.9 Å². The second-order valence-electron chi connectivity index (χ2n) is 14.0. The van der Waals surface area contributed by atoms with E-state index in [0.717, 1.165) is 82.1 Å². The quantitative estimate of drug-likeness (QED) is 0.184. The number of fused-ring (bicyclic) bond motifs is 6. The highest BCUT2D eigenvalue weighted by Crippen LogP contribution is 2.54. The number of hydrogen-bond acceptors (Lipinski definition) is 4. The van der Waals surface area contributed by atoms with Crippen molar-refractivity contribution in [1.82, 2.24) is 9.97 Å². The number of aliphatic hydroxyl groups excluding tert-OH is 1. The summed E-state index contributed by atoms with van der Waals surface area (Å²) in [7, 11) is 0. The summed E-state index contributed by atoms with van der Waals surface area (Å²) in [6, 6.07) is 40.9. The molecule has 2 unspecified atom stereocenters. The van der Waals surface area contributed by atoms with Gasteiger partial charge < -0.3 is 9.52 Å². The van der Waals surface area contributed by atoms with Crippen LogP contribution in [0.25, 0.3) is 66.8 Å². The molecule has 0 bridgehead atoms. The molecule has 250 valence electrons. The van der Waals surface area contributed by atoms with Crippen LogP contribution >= 0.6 is 0 Å². The summed E-state index contributed by atoms with van der Waals surface area (Å²) in [5.41, 5.74) is 13.2. The SMILES string of the molecule is CCCC1(CC)c2ccccc2-c2ccc(-c3cccc4c3oc3ccc(-c5nc(-c6ccccc6)cc(C6CCC=CC=C6O)n5)cc34)cc21. The number of hydrogen-bond donors (Lipinski definition) is 1. The molecular formula is C47H40N2O2. The van der Waals surface area contributed by atoms with Crippen LogP contribution in [0.2, 0.25) is 0 Å². The number of benzene rings is 5. The molecular weight excluding hydrogens is 625 g/mol. The summed E-state index contributed by atoms with van der Waals surface area (Å²) >= 11 is 0. The Balaban J connectivity index is 1.17. The predicted molar refractivity (Wildman–Crippen MR) is 209 cm³/mol. The first-order chi connectivity index (χ1) is 25.1. The molecule has 2 aliphatic carbocycles. The largest absolute Gasteiger partial charge is 0.512 e. The minimum Gasteiger partial charge on any atom is -0.512 e. The number of allylic oxidation sites excluding steroid dienone is 4. The fourth-order valence-corrected chi connectivity index (χ4v) is 8.66. The summed E-state index contributed by atoms with van der Waals surface area (Å²) in [6.07, 6.45) is 10.8. The van der Waals surface area contributed by atoms with Crippen molar-refractivity contribution in [3.05, 3.63) is 156 Å². The molecule has 0 aliphatic heterocycles.